The number of methoxy groups -OCH3 is 3. The fourth-order valence-electron chi connectivity index (χ4n) is 4.95. The summed E-state index contributed by atoms with van der Waals surface area (Å²) in [6.45, 7) is 3.67. The molecule has 1 aliphatic heterocycles. The first-order valence-corrected chi connectivity index (χ1v) is 13.9. The van der Waals surface area contributed by atoms with Gasteiger partial charge in [-0.3, -0.25) is 19.4 Å². The molecule has 0 amide bonds. The highest BCUT2D eigenvalue weighted by atomic mass is 32.2. The Kier molecular flexibility index (Phi) is 9.80. The highest BCUT2D eigenvalue weighted by Crippen LogP contribution is 2.42. The second kappa shape index (κ2) is 12.6. The molecule has 3 rings (SSSR count). The van der Waals surface area contributed by atoms with E-state index in [1.165, 1.54) is 33.5 Å². The molecule has 38 heavy (non-hydrogen) atoms. The van der Waals surface area contributed by atoms with Gasteiger partial charge in [-0.15, -0.1) is 0 Å². The molecule has 0 radical (unpaired) electrons. The van der Waals surface area contributed by atoms with Crippen LogP contribution in [0.2, 0.25) is 0 Å². The van der Waals surface area contributed by atoms with Gasteiger partial charge in [-0.1, -0.05) is 26.3 Å². The van der Waals surface area contributed by atoms with Crippen LogP contribution in [-0.2, 0) is 26.2 Å². The molecule has 1 saturated heterocycles. The number of hydrogen-bond donors (Lipinski definition) is 2. The van der Waals surface area contributed by atoms with E-state index in [2.05, 4.69) is 9.71 Å². The van der Waals surface area contributed by atoms with E-state index in [1.807, 2.05) is 6.07 Å². The van der Waals surface area contributed by atoms with Gasteiger partial charge in [0.05, 0.1) is 40.2 Å². The molecular weight excluding hydrogens is 514 g/mol. The fourth-order valence-corrected chi connectivity index (χ4v) is 6.94. The van der Waals surface area contributed by atoms with Gasteiger partial charge in [-0.05, 0) is 30.4 Å². The van der Waals surface area contributed by atoms with Crippen LogP contribution in [0.3, 0.4) is 0 Å². The maximum atomic E-state index is 14.4. The molecule has 2 aromatic rings. The number of carboxylic acid groups (broad SMARTS) is 1. The third-order valence-electron chi connectivity index (χ3n) is 6.86. The van der Waals surface area contributed by atoms with Crippen LogP contribution < -0.4 is 18.9 Å². The van der Waals surface area contributed by atoms with Crippen LogP contribution >= 0.6 is 0 Å². The van der Waals surface area contributed by atoms with Crippen molar-refractivity contribution in [2.24, 2.45) is 5.92 Å². The lowest BCUT2D eigenvalue weighted by Gasteiger charge is -2.49. The molecule has 0 bridgehead atoms. The van der Waals surface area contributed by atoms with Gasteiger partial charge in [0, 0.05) is 31.1 Å². The number of ether oxygens (including phenoxy) is 4. The summed E-state index contributed by atoms with van der Waals surface area (Å²) < 4.78 is 53.6. The minimum absolute atomic E-state index is 0.119. The topological polar surface area (TPSA) is 137 Å². The monoisotopic (exact) mass is 551 g/mol. The Morgan fingerprint density at radius 3 is 2.39 bits per heavy atom. The number of aromatic nitrogens is 1. The Hall–Kier alpha value is -3.09. The van der Waals surface area contributed by atoms with Gasteiger partial charge in [-0.25, -0.2) is 8.42 Å². The van der Waals surface area contributed by atoms with Crippen molar-refractivity contribution < 1.29 is 37.3 Å². The lowest BCUT2D eigenvalue weighted by atomic mass is 9.94. The average Bonchev–Trinajstić information content (AvgIpc) is 2.90. The zero-order valence-corrected chi connectivity index (χ0v) is 23.3. The Labute approximate surface area is 224 Å². The van der Waals surface area contributed by atoms with Gasteiger partial charge in [0.15, 0.2) is 16.4 Å². The third kappa shape index (κ3) is 5.97. The number of piperidine rings is 1. The molecular formula is C26H37N3O8S. The predicted molar refractivity (Wildman–Crippen MR) is 142 cm³/mol. The molecule has 1 aromatic heterocycles. The number of nitrogens with one attached hydrogen (secondary N) is 1. The molecule has 2 N–H and O–H groups in total. The number of anilines is 1. The maximum Gasteiger partial charge on any atom is 0.320 e. The summed E-state index contributed by atoms with van der Waals surface area (Å²) in [5.74, 6) is -0.751. The molecule has 11 nitrogen and oxygen atoms in total. The summed E-state index contributed by atoms with van der Waals surface area (Å²) in [7, 11) is 0.0200. The van der Waals surface area contributed by atoms with Crippen LogP contribution in [0.4, 0.5) is 5.69 Å². The van der Waals surface area contributed by atoms with Gasteiger partial charge in [0.1, 0.15) is 6.04 Å². The second-order valence-electron chi connectivity index (χ2n) is 9.42. The lowest BCUT2D eigenvalue weighted by molar-refractivity contribution is -0.148. The van der Waals surface area contributed by atoms with Gasteiger partial charge in [0.25, 0.3) is 10.0 Å². The number of benzene rings is 1. The molecule has 1 fully saturated rings. The second-order valence-corrected chi connectivity index (χ2v) is 11.3. The van der Waals surface area contributed by atoms with E-state index in [1.54, 1.807) is 37.2 Å². The number of carboxylic acids is 1. The third-order valence-corrected chi connectivity index (χ3v) is 9.12. The van der Waals surface area contributed by atoms with E-state index in [4.69, 9.17) is 18.9 Å². The quantitative estimate of drug-likeness (QED) is 0.381. The van der Waals surface area contributed by atoms with E-state index in [-0.39, 0.29) is 30.4 Å². The van der Waals surface area contributed by atoms with Crippen molar-refractivity contribution in [3.05, 3.63) is 42.2 Å². The highest BCUT2D eigenvalue weighted by Gasteiger charge is 2.55. The van der Waals surface area contributed by atoms with Gasteiger partial charge >= 0.3 is 5.97 Å². The first-order valence-electron chi connectivity index (χ1n) is 12.4. The average molecular weight is 552 g/mol. The number of sulfonamides is 1. The minimum Gasteiger partial charge on any atom is -0.493 e. The maximum absolute atomic E-state index is 14.4. The van der Waals surface area contributed by atoms with E-state index in [9.17, 15) is 18.3 Å². The van der Waals surface area contributed by atoms with E-state index < -0.39 is 32.8 Å². The number of pyridine rings is 1. The smallest absolute Gasteiger partial charge is 0.320 e. The molecule has 1 aliphatic rings. The number of aliphatic carboxylic acids is 1. The summed E-state index contributed by atoms with van der Waals surface area (Å²) in [4.78, 5) is 16.2. The first kappa shape index (κ1) is 29.5. The predicted octanol–water partition coefficient (Wildman–Crippen LogP) is 3.36. The van der Waals surface area contributed by atoms with Gasteiger partial charge in [-0.2, -0.15) is 0 Å². The SMILES string of the molecule is COc1cc(NS(=O)(=O)C(COCc2cccnc2)(C(C)C)N2CCCCC2C(=O)O)cc(OC)c1OC. The van der Waals surface area contributed by atoms with Crippen molar-refractivity contribution in [2.75, 3.05) is 39.2 Å². The molecule has 210 valence electrons. The van der Waals surface area contributed by atoms with Gasteiger partial charge < -0.3 is 24.1 Å². The van der Waals surface area contributed by atoms with Crippen molar-refractivity contribution >= 4 is 21.7 Å². The Morgan fingerprint density at radius 2 is 1.87 bits per heavy atom. The Balaban J connectivity index is 2.09. The largest absolute Gasteiger partial charge is 0.493 e. The minimum atomic E-state index is -4.31. The zero-order valence-electron chi connectivity index (χ0n) is 22.5. The summed E-state index contributed by atoms with van der Waals surface area (Å²) in [5, 5.41) is 10.1. The van der Waals surface area contributed by atoms with Crippen molar-refractivity contribution in [1.82, 2.24) is 9.88 Å². The zero-order chi connectivity index (χ0) is 27.9. The standard InChI is InChI=1S/C26H37N3O8S/c1-18(2)26(17-37-16-19-9-8-11-27-15-19,29-12-7-6-10-21(29)25(30)31)38(32,33)28-20-13-22(34-3)24(36-5)23(14-20)35-4/h8-9,11,13-15,18,21,28H,6-7,10,12,16-17H2,1-5H3,(H,30,31). The van der Waals surface area contributed by atoms with Crippen LogP contribution in [0.5, 0.6) is 17.2 Å². The molecule has 2 atom stereocenters. The van der Waals surface area contributed by atoms with Crippen LogP contribution in [0.15, 0.2) is 36.7 Å². The van der Waals surface area contributed by atoms with Crippen molar-refractivity contribution in [3.63, 3.8) is 0 Å². The Morgan fingerprint density at radius 1 is 1.18 bits per heavy atom. The van der Waals surface area contributed by atoms with Crippen LogP contribution in [0.25, 0.3) is 0 Å². The van der Waals surface area contributed by atoms with Crippen LogP contribution in [-0.4, -0.2) is 74.8 Å². The van der Waals surface area contributed by atoms with Crippen LogP contribution in [0, 0.1) is 5.92 Å². The van der Waals surface area contributed by atoms with E-state index >= 15 is 0 Å². The fraction of sp³-hybridized carbons (Fsp3) is 0.538. The lowest BCUT2D eigenvalue weighted by Crippen LogP contribution is -2.67. The van der Waals surface area contributed by atoms with Crippen molar-refractivity contribution in [1.29, 1.82) is 0 Å². The van der Waals surface area contributed by atoms with E-state index in [0.29, 0.717) is 31.6 Å². The summed E-state index contributed by atoms with van der Waals surface area (Å²) in [6, 6.07) is 5.59. The Bertz CT molecular complexity index is 1170. The van der Waals surface area contributed by atoms with E-state index in [0.717, 1.165) is 5.56 Å². The molecule has 2 unspecified atom stereocenters. The number of carbonyl (C=O) groups is 1. The number of hydrogen-bond acceptors (Lipinski definition) is 9. The van der Waals surface area contributed by atoms with Crippen LogP contribution in [0.1, 0.15) is 38.7 Å². The molecule has 0 aliphatic carbocycles. The molecule has 0 spiro atoms. The molecule has 12 heteroatoms. The molecule has 0 saturated carbocycles. The van der Waals surface area contributed by atoms with Crippen molar-refractivity contribution in [2.45, 2.75) is 50.6 Å². The first-order chi connectivity index (χ1) is 18.1. The number of nitrogens with zero attached hydrogens (tertiary/aromatic N) is 2. The van der Waals surface area contributed by atoms with Crippen molar-refractivity contribution in [3.8, 4) is 17.2 Å². The number of rotatable bonds is 13. The normalized spacial score (nSPS) is 18.0. The summed E-state index contributed by atoms with van der Waals surface area (Å²) in [5.41, 5.74) is 0.953. The summed E-state index contributed by atoms with van der Waals surface area (Å²) in [6.07, 6.45) is 4.98. The van der Waals surface area contributed by atoms with Gasteiger partial charge in [0.2, 0.25) is 5.75 Å². The number of likely N-dealkylation sites (tertiary alicyclic amines) is 1. The molecule has 2 heterocycles. The summed E-state index contributed by atoms with van der Waals surface area (Å²) >= 11 is 0. The highest BCUT2D eigenvalue weighted by molar-refractivity contribution is 7.94. The molecule has 1 aromatic carbocycles.